The van der Waals surface area contributed by atoms with Gasteiger partial charge in [0.1, 0.15) is 5.15 Å². The summed E-state index contributed by atoms with van der Waals surface area (Å²) in [5.74, 6) is 0. The Morgan fingerprint density at radius 3 is 2.44 bits per heavy atom. The van der Waals surface area contributed by atoms with E-state index in [1.54, 1.807) is 12.1 Å². The molecule has 0 saturated heterocycles. The second-order valence-corrected chi connectivity index (χ2v) is 4.71. The average molecular weight is 281 g/mol. The highest BCUT2D eigenvalue weighted by molar-refractivity contribution is 6.32. The number of pyridine rings is 1. The van der Waals surface area contributed by atoms with E-state index in [1.165, 1.54) is 0 Å². The van der Waals surface area contributed by atoms with Crippen molar-refractivity contribution in [3.05, 3.63) is 58.3 Å². The molecule has 2 aromatic rings. The fraction of sp³-hybridized carbons (Fsp3) is 0.214. The van der Waals surface area contributed by atoms with Gasteiger partial charge < -0.3 is 4.90 Å². The van der Waals surface area contributed by atoms with Gasteiger partial charge >= 0.3 is 0 Å². The number of rotatable bonds is 4. The second-order valence-electron chi connectivity index (χ2n) is 3.91. The SMILES string of the molecule is CCN(Cc1nc(Cl)ccc1Cl)c1ccccc1. The number of anilines is 1. The van der Waals surface area contributed by atoms with Crippen LogP contribution in [0.2, 0.25) is 10.2 Å². The summed E-state index contributed by atoms with van der Waals surface area (Å²) < 4.78 is 0. The molecule has 1 aromatic carbocycles. The molecule has 94 valence electrons. The number of hydrogen-bond donors (Lipinski definition) is 0. The molecular formula is C14H14Cl2N2. The van der Waals surface area contributed by atoms with E-state index >= 15 is 0 Å². The summed E-state index contributed by atoms with van der Waals surface area (Å²) in [4.78, 5) is 6.48. The van der Waals surface area contributed by atoms with Crippen LogP contribution in [0.25, 0.3) is 0 Å². The van der Waals surface area contributed by atoms with Gasteiger partial charge in [-0.3, -0.25) is 0 Å². The summed E-state index contributed by atoms with van der Waals surface area (Å²) in [5.41, 5.74) is 1.95. The summed E-state index contributed by atoms with van der Waals surface area (Å²) >= 11 is 12.0. The van der Waals surface area contributed by atoms with E-state index in [0.717, 1.165) is 17.9 Å². The normalized spacial score (nSPS) is 10.4. The molecule has 1 aromatic heterocycles. The fourth-order valence-corrected chi connectivity index (χ4v) is 2.10. The van der Waals surface area contributed by atoms with Crippen LogP contribution in [0.4, 0.5) is 5.69 Å². The number of nitrogens with zero attached hydrogens (tertiary/aromatic N) is 2. The molecule has 0 bridgehead atoms. The van der Waals surface area contributed by atoms with Gasteiger partial charge in [-0.05, 0) is 31.2 Å². The lowest BCUT2D eigenvalue weighted by Gasteiger charge is -2.23. The van der Waals surface area contributed by atoms with Crippen molar-refractivity contribution in [3.63, 3.8) is 0 Å². The highest BCUT2D eigenvalue weighted by atomic mass is 35.5. The Morgan fingerprint density at radius 1 is 1.06 bits per heavy atom. The first-order chi connectivity index (χ1) is 8.70. The van der Waals surface area contributed by atoms with Crippen molar-refractivity contribution in [1.82, 2.24) is 4.98 Å². The summed E-state index contributed by atoms with van der Waals surface area (Å²) in [6, 6.07) is 13.7. The standard InChI is InChI=1S/C14H14Cl2N2/c1-2-18(11-6-4-3-5-7-11)10-13-12(15)8-9-14(16)17-13/h3-9H,2,10H2,1H3. The molecule has 0 spiro atoms. The molecule has 0 unspecified atom stereocenters. The monoisotopic (exact) mass is 280 g/mol. The van der Waals surface area contributed by atoms with Crippen LogP contribution in [0.5, 0.6) is 0 Å². The van der Waals surface area contributed by atoms with E-state index in [-0.39, 0.29) is 0 Å². The molecule has 0 aliphatic heterocycles. The molecule has 0 amide bonds. The van der Waals surface area contributed by atoms with Crippen LogP contribution in [-0.2, 0) is 6.54 Å². The molecule has 2 rings (SSSR count). The van der Waals surface area contributed by atoms with Crippen molar-refractivity contribution < 1.29 is 0 Å². The molecule has 0 aliphatic carbocycles. The van der Waals surface area contributed by atoms with Crippen molar-refractivity contribution >= 4 is 28.9 Å². The van der Waals surface area contributed by atoms with Gasteiger partial charge in [-0.2, -0.15) is 0 Å². The summed E-state index contributed by atoms with van der Waals surface area (Å²) in [6.07, 6.45) is 0. The minimum Gasteiger partial charge on any atom is -0.366 e. The van der Waals surface area contributed by atoms with E-state index in [2.05, 4.69) is 28.9 Å². The van der Waals surface area contributed by atoms with Crippen molar-refractivity contribution in [2.45, 2.75) is 13.5 Å². The molecule has 0 radical (unpaired) electrons. The minimum atomic E-state index is 0.471. The predicted octanol–water partition coefficient (Wildman–Crippen LogP) is 4.41. The van der Waals surface area contributed by atoms with E-state index in [1.807, 2.05) is 18.2 Å². The molecule has 2 nitrogen and oxygen atoms in total. The Labute approximate surface area is 117 Å². The Bertz CT molecular complexity index is 514. The molecule has 18 heavy (non-hydrogen) atoms. The topological polar surface area (TPSA) is 16.1 Å². The minimum absolute atomic E-state index is 0.471. The second kappa shape index (κ2) is 6.07. The zero-order valence-electron chi connectivity index (χ0n) is 10.1. The maximum absolute atomic E-state index is 6.14. The number of hydrogen-bond acceptors (Lipinski definition) is 2. The van der Waals surface area contributed by atoms with Crippen molar-refractivity contribution in [2.24, 2.45) is 0 Å². The van der Waals surface area contributed by atoms with Crippen molar-refractivity contribution in [2.75, 3.05) is 11.4 Å². The lowest BCUT2D eigenvalue weighted by atomic mass is 10.2. The Kier molecular flexibility index (Phi) is 4.45. The van der Waals surface area contributed by atoms with Crippen LogP contribution in [0.1, 0.15) is 12.6 Å². The number of halogens is 2. The van der Waals surface area contributed by atoms with Gasteiger partial charge in [-0.1, -0.05) is 41.4 Å². The predicted molar refractivity (Wildman–Crippen MR) is 77.4 cm³/mol. The van der Waals surface area contributed by atoms with E-state index in [4.69, 9.17) is 23.2 Å². The zero-order valence-corrected chi connectivity index (χ0v) is 11.6. The van der Waals surface area contributed by atoms with Crippen LogP contribution in [-0.4, -0.2) is 11.5 Å². The van der Waals surface area contributed by atoms with Crippen LogP contribution in [0.15, 0.2) is 42.5 Å². The van der Waals surface area contributed by atoms with Gasteiger partial charge in [-0.25, -0.2) is 4.98 Å². The summed E-state index contributed by atoms with van der Waals surface area (Å²) in [7, 11) is 0. The van der Waals surface area contributed by atoms with Gasteiger partial charge in [0, 0.05) is 12.2 Å². The van der Waals surface area contributed by atoms with Gasteiger partial charge in [-0.15, -0.1) is 0 Å². The van der Waals surface area contributed by atoms with E-state index in [9.17, 15) is 0 Å². The van der Waals surface area contributed by atoms with Gasteiger partial charge in [0.15, 0.2) is 0 Å². The van der Waals surface area contributed by atoms with Crippen LogP contribution >= 0.6 is 23.2 Å². The quantitative estimate of drug-likeness (QED) is 0.771. The number of para-hydroxylation sites is 1. The van der Waals surface area contributed by atoms with E-state index in [0.29, 0.717) is 16.7 Å². The third kappa shape index (κ3) is 3.15. The lowest BCUT2D eigenvalue weighted by Crippen LogP contribution is -2.22. The molecular weight excluding hydrogens is 267 g/mol. The Hall–Kier alpha value is -1.25. The third-order valence-corrected chi connectivity index (χ3v) is 3.28. The van der Waals surface area contributed by atoms with Crippen LogP contribution in [0.3, 0.4) is 0 Å². The largest absolute Gasteiger partial charge is 0.366 e. The van der Waals surface area contributed by atoms with Crippen LogP contribution < -0.4 is 4.90 Å². The fourth-order valence-electron chi connectivity index (χ4n) is 1.77. The maximum Gasteiger partial charge on any atom is 0.129 e. The van der Waals surface area contributed by atoms with Crippen LogP contribution in [0, 0.1) is 0 Å². The van der Waals surface area contributed by atoms with Gasteiger partial charge in [0.05, 0.1) is 17.3 Å². The molecule has 0 fully saturated rings. The number of benzene rings is 1. The zero-order chi connectivity index (χ0) is 13.0. The summed E-state index contributed by atoms with van der Waals surface area (Å²) in [6.45, 7) is 3.64. The molecule has 0 N–H and O–H groups in total. The molecule has 0 saturated carbocycles. The number of aromatic nitrogens is 1. The first-order valence-corrected chi connectivity index (χ1v) is 6.57. The molecule has 0 atom stereocenters. The first kappa shape index (κ1) is 13.2. The maximum atomic E-state index is 6.14. The summed E-state index contributed by atoms with van der Waals surface area (Å²) in [5, 5.41) is 1.12. The highest BCUT2D eigenvalue weighted by Gasteiger charge is 2.09. The smallest absolute Gasteiger partial charge is 0.129 e. The molecule has 4 heteroatoms. The van der Waals surface area contributed by atoms with Crippen molar-refractivity contribution in [1.29, 1.82) is 0 Å². The highest BCUT2D eigenvalue weighted by Crippen LogP contribution is 2.21. The van der Waals surface area contributed by atoms with Gasteiger partial charge in [0.2, 0.25) is 0 Å². The van der Waals surface area contributed by atoms with Crippen molar-refractivity contribution in [3.8, 4) is 0 Å². The third-order valence-electron chi connectivity index (χ3n) is 2.73. The molecule has 1 heterocycles. The first-order valence-electron chi connectivity index (χ1n) is 5.81. The molecule has 0 aliphatic rings. The van der Waals surface area contributed by atoms with E-state index < -0.39 is 0 Å². The Morgan fingerprint density at radius 2 is 1.78 bits per heavy atom. The van der Waals surface area contributed by atoms with Gasteiger partial charge in [0.25, 0.3) is 0 Å². The Balaban J connectivity index is 2.23. The average Bonchev–Trinajstić information content (AvgIpc) is 2.41. The lowest BCUT2D eigenvalue weighted by molar-refractivity contribution is 0.810.